The second-order valence-corrected chi connectivity index (χ2v) is 10.4. The number of hydrogen-bond acceptors (Lipinski definition) is 5. The minimum atomic E-state index is -3.30. The molecule has 1 aliphatic heterocycles. The fraction of sp³-hybridized carbons (Fsp3) is 0.714. The molecule has 1 aromatic rings. The fourth-order valence-electron chi connectivity index (χ4n) is 2.41. The quantitative estimate of drug-likeness (QED) is 0.860. The highest BCUT2D eigenvalue weighted by Gasteiger charge is 2.31. The molecule has 0 radical (unpaired) electrons. The second-order valence-electron chi connectivity index (χ2n) is 5.64. The van der Waals surface area contributed by atoms with E-state index in [0.717, 1.165) is 23.6 Å². The molecule has 118 valence electrons. The lowest BCUT2D eigenvalue weighted by Gasteiger charge is -2.30. The van der Waals surface area contributed by atoms with E-state index >= 15 is 0 Å². The van der Waals surface area contributed by atoms with Crippen LogP contribution in [0.4, 0.5) is 0 Å². The molecule has 1 atom stereocenters. The lowest BCUT2D eigenvalue weighted by Crippen LogP contribution is -2.41. The van der Waals surface area contributed by atoms with Gasteiger partial charge in [0.1, 0.15) is 4.21 Å². The van der Waals surface area contributed by atoms with Gasteiger partial charge < -0.3 is 5.32 Å². The third-order valence-electron chi connectivity index (χ3n) is 3.93. The number of hydrogen-bond donors (Lipinski definition) is 1. The lowest BCUT2D eigenvalue weighted by atomic mass is 10.3. The number of thiophene rings is 1. The molecule has 7 heteroatoms. The SMILES string of the molecule is CCC1CN(S(=O)(=O)c2ccc(CNC3CC3)s2)CCS1. The number of nitrogens with zero attached hydrogens (tertiary/aromatic N) is 1. The number of thioether (sulfide) groups is 1. The third-order valence-corrected chi connectivity index (χ3v) is 8.72. The average Bonchev–Trinajstić information content (AvgIpc) is 3.21. The van der Waals surface area contributed by atoms with Crippen LogP contribution in [-0.4, -0.2) is 42.9 Å². The van der Waals surface area contributed by atoms with Crippen LogP contribution < -0.4 is 5.32 Å². The van der Waals surface area contributed by atoms with Crippen molar-refractivity contribution < 1.29 is 8.42 Å². The molecular weight excluding hydrogens is 324 g/mol. The molecule has 1 unspecified atom stereocenters. The molecule has 0 amide bonds. The Kier molecular flexibility index (Phi) is 4.95. The molecule has 1 N–H and O–H groups in total. The highest BCUT2D eigenvalue weighted by molar-refractivity contribution is 8.00. The Morgan fingerprint density at radius 3 is 2.90 bits per heavy atom. The van der Waals surface area contributed by atoms with Crippen molar-refractivity contribution in [1.29, 1.82) is 0 Å². The first-order valence-electron chi connectivity index (χ1n) is 7.53. The first-order valence-corrected chi connectivity index (χ1v) is 10.8. The van der Waals surface area contributed by atoms with Crippen molar-refractivity contribution in [2.75, 3.05) is 18.8 Å². The van der Waals surface area contributed by atoms with E-state index in [4.69, 9.17) is 0 Å². The summed E-state index contributed by atoms with van der Waals surface area (Å²) in [5.74, 6) is 0.902. The van der Waals surface area contributed by atoms with Crippen molar-refractivity contribution in [2.45, 2.75) is 48.2 Å². The maximum Gasteiger partial charge on any atom is 0.252 e. The minimum Gasteiger partial charge on any atom is -0.309 e. The zero-order chi connectivity index (χ0) is 14.9. The van der Waals surface area contributed by atoms with Crippen LogP contribution in [-0.2, 0) is 16.6 Å². The Morgan fingerprint density at radius 1 is 1.38 bits per heavy atom. The topological polar surface area (TPSA) is 49.4 Å². The average molecular weight is 347 g/mol. The molecular formula is C14H22N2O2S3. The molecule has 1 saturated carbocycles. The maximum atomic E-state index is 12.7. The maximum absolute atomic E-state index is 12.7. The van der Waals surface area contributed by atoms with Gasteiger partial charge in [0, 0.05) is 41.6 Å². The molecule has 1 aromatic heterocycles. The largest absolute Gasteiger partial charge is 0.309 e. The Labute approximate surface area is 135 Å². The molecule has 0 aromatic carbocycles. The summed E-state index contributed by atoms with van der Waals surface area (Å²) in [7, 11) is -3.30. The summed E-state index contributed by atoms with van der Waals surface area (Å²) in [4.78, 5) is 1.11. The van der Waals surface area contributed by atoms with Crippen LogP contribution in [0, 0.1) is 0 Å². The summed E-state index contributed by atoms with van der Waals surface area (Å²) in [5, 5.41) is 3.87. The van der Waals surface area contributed by atoms with Gasteiger partial charge in [0.2, 0.25) is 0 Å². The van der Waals surface area contributed by atoms with E-state index < -0.39 is 10.0 Å². The molecule has 2 fully saturated rings. The zero-order valence-corrected chi connectivity index (χ0v) is 14.7. The number of nitrogens with one attached hydrogen (secondary N) is 1. The Bertz CT molecular complexity index is 581. The predicted molar refractivity (Wildman–Crippen MR) is 89.5 cm³/mol. The van der Waals surface area contributed by atoms with Gasteiger partial charge in [0.25, 0.3) is 10.0 Å². The van der Waals surface area contributed by atoms with Gasteiger partial charge in [-0.2, -0.15) is 16.1 Å². The molecule has 21 heavy (non-hydrogen) atoms. The van der Waals surface area contributed by atoms with E-state index in [2.05, 4.69) is 12.2 Å². The number of sulfonamides is 1. The summed E-state index contributed by atoms with van der Waals surface area (Å²) >= 11 is 3.30. The van der Waals surface area contributed by atoms with Crippen LogP contribution in [0.5, 0.6) is 0 Å². The van der Waals surface area contributed by atoms with Gasteiger partial charge in [0.15, 0.2) is 0 Å². The van der Waals surface area contributed by atoms with Crippen LogP contribution in [0.15, 0.2) is 16.3 Å². The van der Waals surface area contributed by atoms with E-state index in [0.29, 0.717) is 28.6 Å². The summed E-state index contributed by atoms with van der Waals surface area (Å²) in [5.41, 5.74) is 0. The van der Waals surface area contributed by atoms with Gasteiger partial charge in [-0.3, -0.25) is 0 Å². The second kappa shape index (κ2) is 6.58. The van der Waals surface area contributed by atoms with Crippen LogP contribution >= 0.6 is 23.1 Å². The minimum absolute atomic E-state index is 0.435. The highest BCUT2D eigenvalue weighted by Crippen LogP contribution is 2.30. The molecule has 4 nitrogen and oxygen atoms in total. The molecule has 0 spiro atoms. The van der Waals surface area contributed by atoms with E-state index in [9.17, 15) is 8.42 Å². The van der Waals surface area contributed by atoms with Gasteiger partial charge in [-0.1, -0.05) is 6.92 Å². The first kappa shape index (κ1) is 15.8. The summed E-state index contributed by atoms with van der Waals surface area (Å²) < 4.78 is 27.6. The Hall–Kier alpha value is -0.0800. The van der Waals surface area contributed by atoms with Gasteiger partial charge in [-0.15, -0.1) is 11.3 Å². The molecule has 1 aliphatic carbocycles. The van der Waals surface area contributed by atoms with Crippen LogP contribution in [0.25, 0.3) is 0 Å². The Balaban J connectivity index is 1.68. The van der Waals surface area contributed by atoms with Gasteiger partial charge >= 0.3 is 0 Å². The van der Waals surface area contributed by atoms with Crippen molar-refractivity contribution in [2.24, 2.45) is 0 Å². The first-order chi connectivity index (χ1) is 10.1. The van der Waals surface area contributed by atoms with Crippen LogP contribution in [0.2, 0.25) is 0 Å². The summed E-state index contributed by atoms with van der Waals surface area (Å²) in [6.07, 6.45) is 3.53. The standard InChI is InChI=1S/C14H22N2O2S3/c1-2-12-10-16(7-8-19-12)21(17,18)14-6-5-13(20-14)9-15-11-3-4-11/h5-6,11-12,15H,2-4,7-10H2,1H3. The van der Waals surface area contributed by atoms with Crippen molar-refractivity contribution in [3.63, 3.8) is 0 Å². The van der Waals surface area contributed by atoms with Crippen LogP contribution in [0.1, 0.15) is 31.1 Å². The van der Waals surface area contributed by atoms with Gasteiger partial charge in [-0.25, -0.2) is 8.42 Å². The van der Waals surface area contributed by atoms with E-state index in [-0.39, 0.29) is 0 Å². The van der Waals surface area contributed by atoms with Crippen molar-refractivity contribution >= 4 is 33.1 Å². The highest BCUT2D eigenvalue weighted by atomic mass is 32.2. The van der Waals surface area contributed by atoms with Gasteiger partial charge in [-0.05, 0) is 31.4 Å². The zero-order valence-electron chi connectivity index (χ0n) is 12.2. The molecule has 2 aliphatic rings. The smallest absolute Gasteiger partial charge is 0.252 e. The van der Waals surface area contributed by atoms with Crippen molar-refractivity contribution in [3.8, 4) is 0 Å². The molecule has 0 bridgehead atoms. The predicted octanol–water partition coefficient (Wildman–Crippen LogP) is 2.52. The molecule has 3 rings (SSSR count). The normalized spacial score (nSPS) is 24.3. The van der Waals surface area contributed by atoms with E-state index in [1.807, 2.05) is 17.8 Å². The molecule has 1 saturated heterocycles. The number of rotatable bonds is 6. The van der Waals surface area contributed by atoms with Gasteiger partial charge in [0.05, 0.1) is 0 Å². The van der Waals surface area contributed by atoms with E-state index in [1.165, 1.54) is 24.2 Å². The summed E-state index contributed by atoms with van der Waals surface area (Å²) in [6.45, 7) is 4.20. The van der Waals surface area contributed by atoms with Crippen LogP contribution in [0.3, 0.4) is 0 Å². The molecule has 2 heterocycles. The monoisotopic (exact) mass is 346 g/mol. The lowest BCUT2D eigenvalue weighted by molar-refractivity contribution is 0.417. The third kappa shape index (κ3) is 3.82. The Morgan fingerprint density at radius 2 is 2.19 bits per heavy atom. The summed E-state index contributed by atoms with van der Waals surface area (Å²) in [6, 6.07) is 4.37. The van der Waals surface area contributed by atoms with E-state index in [1.54, 1.807) is 10.4 Å². The van der Waals surface area contributed by atoms with Crippen molar-refractivity contribution in [3.05, 3.63) is 17.0 Å². The fourth-order valence-corrected chi connectivity index (χ4v) is 6.75. The van der Waals surface area contributed by atoms with Crippen molar-refractivity contribution in [1.82, 2.24) is 9.62 Å².